The normalized spacial score (nSPS) is 21.0. The fourth-order valence-electron chi connectivity index (χ4n) is 5.42. The van der Waals surface area contributed by atoms with Crippen molar-refractivity contribution in [3.05, 3.63) is 28.8 Å². The number of hydrogen-bond donors (Lipinski definition) is 1. The van der Waals surface area contributed by atoms with E-state index in [-0.39, 0.29) is 0 Å². The van der Waals surface area contributed by atoms with Gasteiger partial charge in [0.2, 0.25) is 0 Å². The summed E-state index contributed by atoms with van der Waals surface area (Å²) in [7, 11) is 0. The molecule has 1 nitrogen and oxygen atoms in total. The monoisotopic (exact) mass is 374 g/mol. The molecule has 2 saturated carbocycles. The topological polar surface area (TPSA) is 20.2 Å². The summed E-state index contributed by atoms with van der Waals surface area (Å²) in [5.74, 6) is 2.02. The van der Waals surface area contributed by atoms with Crippen molar-refractivity contribution in [1.82, 2.24) is 0 Å². The molecule has 1 unspecified atom stereocenters. The molecule has 1 atom stereocenters. The van der Waals surface area contributed by atoms with Gasteiger partial charge in [-0.25, -0.2) is 0 Å². The Labute approximate surface area is 165 Å². The smallest absolute Gasteiger partial charge is 0.0420 e. The molecule has 146 valence electrons. The molecule has 0 heterocycles. The second-order valence-corrected chi connectivity index (χ2v) is 9.27. The molecule has 1 aromatic rings. The Kier molecular flexibility index (Phi) is 7.93. The van der Waals surface area contributed by atoms with Crippen LogP contribution in [0.1, 0.15) is 132 Å². The number of hydrogen-bond acceptors (Lipinski definition) is 2. The summed E-state index contributed by atoms with van der Waals surface area (Å²) >= 11 is 1.04. The summed E-state index contributed by atoms with van der Waals surface area (Å²) in [4.78, 5) is 1.22. The van der Waals surface area contributed by atoms with Crippen molar-refractivity contribution in [2.45, 2.75) is 120 Å². The first-order valence-electron chi connectivity index (χ1n) is 11.3. The Bertz CT molecular complexity index is 530. The van der Waals surface area contributed by atoms with Crippen LogP contribution in [0.4, 0.5) is 0 Å². The van der Waals surface area contributed by atoms with Crippen LogP contribution >= 0.6 is 12.0 Å². The number of benzene rings is 1. The van der Waals surface area contributed by atoms with Crippen LogP contribution in [0.15, 0.2) is 17.0 Å². The third-order valence-electron chi connectivity index (χ3n) is 6.95. The zero-order chi connectivity index (χ0) is 18.4. The Morgan fingerprint density at radius 2 is 1.54 bits per heavy atom. The van der Waals surface area contributed by atoms with Gasteiger partial charge in [0, 0.05) is 16.9 Å². The molecule has 0 aromatic heterocycles. The first-order chi connectivity index (χ1) is 12.8. The molecule has 2 heteroatoms. The quantitative estimate of drug-likeness (QED) is 0.482. The van der Waals surface area contributed by atoms with Gasteiger partial charge in [-0.3, -0.25) is 0 Å². The molecule has 3 rings (SSSR count). The lowest BCUT2D eigenvalue weighted by atomic mass is 9.77. The van der Waals surface area contributed by atoms with E-state index in [0.717, 1.165) is 18.0 Å². The Hall–Kier alpha value is -0.470. The van der Waals surface area contributed by atoms with Crippen molar-refractivity contribution in [2.24, 2.45) is 0 Å². The highest BCUT2D eigenvalue weighted by molar-refractivity contribution is 7.93. The molecular formula is C24H38OS. The average molecular weight is 375 g/mol. The third-order valence-corrected chi connectivity index (χ3v) is 7.61. The summed E-state index contributed by atoms with van der Waals surface area (Å²) in [6.07, 6.45) is 17.3. The summed E-state index contributed by atoms with van der Waals surface area (Å²) in [6.45, 7) is 4.61. The summed E-state index contributed by atoms with van der Waals surface area (Å²) in [6, 6.07) is 5.03. The average Bonchev–Trinajstić information content (AvgIpc) is 2.72. The molecule has 0 radical (unpaired) electrons. The van der Waals surface area contributed by atoms with Crippen LogP contribution in [0.2, 0.25) is 0 Å². The first kappa shape index (κ1) is 20.3. The van der Waals surface area contributed by atoms with E-state index >= 15 is 0 Å². The van der Waals surface area contributed by atoms with E-state index in [1.807, 2.05) is 0 Å². The maximum Gasteiger partial charge on any atom is 0.0420 e. The van der Waals surface area contributed by atoms with Crippen LogP contribution in [0.5, 0.6) is 0 Å². The van der Waals surface area contributed by atoms with Crippen molar-refractivity contribution in [1.29, 1.82) is 0 Å². The fraction of sp³-hybridized carbons (Fsp3) is 0.750. The largest absolute Gasteiger partial charge is 0.325 e. The predicted octanol–water partition coefficient (Wildman–Crippen LogP) is 8.64. The standard InChI is InChI=1S/C24H38OS/c1-3-11-18(4-2)22-16-21(19-12-7-5-8-13-19)17-23(24(22)26-25)20-14-9-6-10-15-20/h16-20,25H,3-15H2,1-2H3. The van der Waals surface area contributed by atoms with E-state index in [1.165, 1.54) is 99.5 Å². The van der Waals surface area contributed by atoms with Crippen molar-refractivity contribution in [3.63, 3.8) is 0 Å². The minimum Gasteiger partial charge on any atom is -0.325 e. The molecule has 1 aromatic carbocycles. The zero-order valence-corrected chi connectivity index (χ0v) is 17.8. The second-order valence-electron chi connectivity index (χ2n) is 8.68. The molecule has 1 N–H and O–H groups in total. The van der Waals surface area contributed by atoms with Crippen LogP contribution < -0.4 is 0 Å². The van der Waals surface area contributed by atoms with Gasteiger partial charge in [0.1, 0.15) is 0 Å². The predicted molar refractivity (Wildman–Crippen MR) is 115 cm³/mol. The van der Waals surface area contributed by atoms with Crippen LogP contribution in [-0.4, -0.2) is 4.55 Å². The molecule has 2 aliphatic rings. The van der Waals surface area contributed by atoms with Gasteiger partial charge in [0.05, 0.1) is 0 Å². The van der Waals surface area contributed by atoms with Crippen LogP contribution in [0.25, 0.3) is 0 Å². The molecule has 26 heavy (non-hydrogen) atoms. The summed E-state index contributed by atoms with van der Waals surface area (Å²) in [5.41, 5.74) is 4.54. The third kappa shape index (κ3) is 4.68. The summed E-state index contributed by atoms with van der Waals surface area (Å²) < 4.78 is 10.3. The van der Waals surface area contributed by atoms with E-state index in [9.17, 15) is 4.55 Å². The molecule has 0 bridgehead atoms. The van der Waals surface area contributed by atoms with Crippen molar-refractivity contribution < 1.29 is 4.55 Å². The van der Waals surface area contributed by atoms with Crippen LogP contribution in [0.3, 0.4) is 0 Å². The maximum atomic E-state index is 10.3. The van der Waals surface area contributed by atoms with E-state index in [0.29, 0.717) is 11.8 Å². The minimum absolute atomic E-state index is 0.598. The molecular weight excluding hydrogens is 336 g/mol. The fourth-order valence-corrected chi connectivity index (χ4v) is 6.09. The second kappa shape index (κ2) is 10.2. The highest BCUT2D eigenvalue weighted by atomic mass is 32.2. The van der Waals surface area contributed by atoms with Gasteiger partial charge in [0.25, 0.3) is 0 Å². The lowest BCUT2D eigenvalue weighted by Crippen LogP contribution is -2.12. The van der Waals surface area contributed by atoms with Gasteiger partial charge < -0.3 is 4.55 Å². The van der Waals surface area contributed by atoms with Gasteiger partial charge in [-0.05, 0) is 73.0 Å². The maximum absolute atomic E-state index is 10.3. The SMILES string of the molecule is CCCC(CC)c1cc(C2CCCCC2)cc(C2CCCCC2)c1SO. The van der Waals surface area contributed by atoms with Gasteiger partial charge in [-0.2, -0.15) is 0 Å². The van der Waals surface area contributed by atoms with Gasteiger partial charge in [-0.15, -0.1) is 0 Å². The van der Waals surface area contributed by atoms with Crippen LogP contribution in [0, 0.1) is 0 Å². The van der Waals surface area contributed by atoms with Gasteiger partial charge >= 0.3 is 0 Å². The molecule has 0 amide bonds. The molecule has 2 fully saturated rings. The van der Waals surface area contributed by atoms with E-state index in [2.05, 4.69) is 26.0 Å². The van der Waals surface area contributed by atoms with Gasteiger partial charge in [0.15, 0.2) is 0 Å². The molecule has 0 saturated heterocycles. The van der Waals surface area contributed by atoms with E-state index in [4.69, 9.17) is 0 Å². The lowest BCUT2D eigenvalue weighted by Gasteiger charge is -2.30. The van der Waals surface area contributed by atoms with Crippen molar-refractivity contribution >= 4 is 12.0 Å². The Morgan fingerprint density at radius 3 is 2.08 bits per heavy atom. The van der Waals surface area contributed by atoms with Crippen molar-refractivity contribution in [2.75, 3.05) is 0 Å². The van der Waals surface area contributed by atoms with E-state index < -0.39 is 0 Å². The molecule has 0 aliphatic heterocycles. The molecule has 0 spiro atoms. The van der Waals surface area contributed by atoms with E-state index in [1.54, 1.807) is 5.56 Å². The highest BCUT2D eigenvalue weighted by Crippen LogP contribution is 2.45. The summed E-state index contributed by atoms with van der Waals surface area (Å²) in [5, 5.41) is 0. The lowest BCUT2D eigenvalue weighted by molar-refractivity contribution is 0.430. The van der Waals surface area contributed by atoms with Gasteiger partial charge in [-0.1, -0.05) is 70.9 Å². The minimum atomic E-state index is 0.598. The highest BCUT2D eigenvalue weighted by Gasteiger charge is 2.26. The van der Waals surface area contributed by atoms with Crippen LogP contribution in [-0.2, 0) is 0 Å². The molecule has 2 aliphatic carbocycles. The first-order valence-corrected chi connectivity index (χ1v) is 12.0. The Morgan fingerprint density at radius 1 is 0.923 bits per heavy atom. The zero-order valence-electron chi connectivity index (χ0n) is 16.9. The van der Waals surface area contributed by atoms with Crippen molar-refractivity contribution in [3.8, 4) is 0 Å². The Balaban J connectivity index is 2.04. The number of rotatable bonds is 7.